The Morgan fingerprint density at radius 3 is 2.59 bits per heavy atom. The summed E-state index contributed by atoms with van der Waals surface area (Å²) in [4.78, 5) is 13.7. The zero-order valence-corrected chi connectivity index (χ0v) is 19.2. The van der Waals surface area contributed by atoms with E-state index in [1.165, 1.54) is 19.2 Å². The fraction of sp³-hybridized carbons (Fsp3) is 0.160. The van der Waals surface area contributed by atoms with Crippen LogP contribution in [-0.2, 0) is 7.05 Å². The van der Waals surface area contributed by atoms with E-state index >= 15 is 0 Å². The number of hydrogen-bond donors (Lipinski definition) is 1. The van der Waals surface area contributed by atoms with Gasteiger partial charge in [0.15, 0.2) is 0 Å². The van der Waals surface area contributed by atoms with Crippen molar-refractivity contribution in [2.24, 2.45) is 7.05 Å². The van der Waals surface area contributed by atoms with Crippen molar-refractivity contribution in [2.45, 2.75) is 6.92 Å². The van der Waals surface area contributed by atoms with Crippen LogP contribution in [0.2, 0.25) is 0 Å². The zero-order valence-electron chi connectivity index (χ0n) is 19.2. The molecule has 3 heterocycles. The predicted octanol–water partition coefficient (Wildman–Crippen LogP) is 5.03. The van der Waals surface area contributed by atoms with Crippen LogP contribution in [0.15, 0.2) is 61.1 Å². The fourth-order valence-corrected chi connectivity index (χ4v) is 3.92. The van der Waals surface area contributed by atoms with E-state index in [9.17, 15) is 4.39 Å². The van der Waals surface area contributed by atoms with Crippen LogP contribution in [0.5, 0.6) is 11.6 Å². The number of nitrogens with one attached hydrogen (secondary N) is 1. The molecule has 8 nitrogen and oxygen atoms in total. The van der Waals surface area contributed by atoms with Gasteiger partial charge in [-0.1, -0.05) is 6.07 Å². The zero-order chi connectivity index (χ0) is 23.8. The molecule has 3 aromatic heterocycles. The quantitative estimate of drug-likeness (QED) is 0.385. The highest BCUT2D eigenvalue weighted by atomic mass is 19.1. The molecule has 0 aliphatic heterocycles. The minimum absolute atomic E-state index is 0.385. The van der Waals surface area contributed by atoms with Crippen LogP contribution >= 0.6 is 0 Å². The monoisotopic (exact) mass is 458 g/mol. The first kappa shape index (κ1) is 21.4. The Kier molecular flexibility index (Phi) is 5.37. The normalized spacial score (nSPS) is 11.1. The minimum Gasteiger partial charge on any atom is -0.497 e. The molecule has 0 spiro atoms. The second-order valence-electron chi connectivity index (χ2n) is 7.82. The average molecular weight is 458 g/mol. The van der Waals surface area contributed by atoms with E-state index in [-0.39, 0.29) is 5.82 Å². The summed E-state index contributed by atoms with van der Waals surface area (Å²) < 4.78 is 28.7. The number of ether oxygens (including phenoxy) is 2. The number of fused-ring (bicyclic) bond motifs is 1. The Labute approximate surface area is 195 Å². The summed E-state index contributed by atoms with van der Waals surface area (Å²) in [5, 5.41) is 3.34. The van der Waals surface area contributed by atoms with Crippen LogP contribution in [-0.4, -0.2) is 38.3 Å². The van der Waals surface area contributed by atoms with E-state index in [2.05, 4.69) is 15.3 Å². The molecule has 172 valence electrons. The molecule has 0 bridgehead atoms. The smallest absolute Gasteiger partial charge is 0.240 e. The van der Waals surface area contributed by atoms with Crippen LogP contribution in [0, 0.1) is 12.7 Å². The van der Waals surface area contributed by atoms with E-state index in [1.807, 2.05) is 59.6 Å². The number of aryl methyl sites for hydroxylation is 2. The molecule has 0 aliphatic carbocycles. The minimum atomic E-state index is -0.385. The molecule has 0 atom stereocenters. The molecule has 0 saturated carbocycles. The molecule has 0 unspecified atom stereocenters. The first-order chi connectivity index (χ1) is 16.5. The molecular weight excluding hydrogens is 435 g/mol. The average Bonchev–Trinajstić information content (AvgIpc) is 3.42. The van der Waals surface area contributed by atoms with Crippen molar-refractivity contribution >= 4 is 22.5 Å². The van der Waals surface area contributed by atoms with Crippen molar-refractivity contribution in [2.75, 3.05) is 19.5 Å². The van der Waals surface area contributed by atoms with Crippen LogP contribution < -0.4 is 14.8 Å². The first-order valence-corrected chi connectivity index (χ1v) is 10.6. The largest absolute Gasteiger partial charge is 0.497 e. The van der Waals surface area contributed by atoms with Gasteiger partial charge < -0.3 is 23.9 Å². The molecule has 0 fully saturated rings. The topological polar surface area (TPSA) is 79.0 Å². The van der Waals surface area contributed by atoms with Gasteiger partial charge in [-0.2, -0.15) is 4.98 Å². The summed E-state index contributed by atoms with van der Waals surface area (Å²) in [6.07, 6.45) is 3.63. The Morgan fingerprint density at radius 1 is 1.00 bits per heavy atom. The van der Waals surface area contributed by atoms with Gasteiger partial charge in [0.2, 0.25) is 5.88 Å². The van der Waals surface area contributed by atoms with Gasteiger partial charge in [-0.3, -0.25) is 0 Å². The van der Waals surface area contributed by atoms with Gasteiger partial charge >= 0.3 is 0 Å². The molecule has 0 saturated heterocycles. The lowest BCUT2D eigenvalue weighted by Gasteiger charge is -2.11. The predicted molar refractivity (Wildman–Crippen MR) is 129 cm³/mol. The summed E-state index contributed by atoms with van der Waals surface area (Å²) in [6, 6.07) is 14.2. The van der Waals surface area contributed by atoms with Gasteiger partial charge in [0, 0.05) is 24.9 Å². The van der Waals surface area contributed by atoms with Crippen LogP contribution in [0.4, 0.5) is 15.9 Å². The SMILES string of the molecule is COc1cc(F)cc(-c2nc3c(Nc4ccc(-n5cnc(C)c5)c(OC)n4)cccc3n2C)c1. The molecular formula is C25H23FN6O2. The standard InChI is InChI=1S/C25H23FN6O2/c1-15-13-32(14-27-15)21-8-9-22(29-25(21)34-4)28-19-6-5-7-20-23(19)30-24(31(20)2)16-10-17(26)12-18(11-16)33-3/h5-14H,1-4H3,(H,28,29). The number of benzene rings is 2. The summed E-state index contributed by atoms with van der Waals surface area (Å²) >= 11 is 0. The number of aromatic nitrogens is 5. The molecule has 0 aliphatic rings. The second kappa shape index (κ2) is 8.51. The van der Waals surface area contributed by atoms with E-state index in [0.717, 1.165) is 28.1 Å². The van der Waals surface area contributed by atoms with Crippen molar-refractivity contribution in [1.82, 2.24) is 24.1 Å². The highest BCUT2D eigenvalue weighted by Crippen LogP contribution is 2.32. The summed E-state index contributed by atoms with van der Waals surface area (Å²) in [6.45, 7) is 1.92. The number of imidazole rings is 2. The number of nitrogens with zero attached hydrogens (tertiary/aromatic N) is 5. The summed E-state index contributed by atoms with van der Waals surface area (Å²) in [7, 11) is 4.99. The molecule has 0 amide bonds. The maximum Gasteiger partial charge on any atom is 0.240 e. The van der Waals surface area contributed by atoms with Crippen molar-refractivity contribution < 1.29 is 13.9 Å². The fourth-order valence-electron chi connectivity index (χ4n) is 3.92. The first-order valence-electron chi connectivity index (χ1n) is 10.6. The number of rotatable bonds is 6. The number of para-hydroxylation sites is 1. The lowest BCUT2D eigenvalue weighted by Crippen LogP contribution is -2.01. The van der Waals surface area contributed by atoms with Gasteiger partial charge in [0.25, 0.3) is 0 Å². The molecule has 34 heavy (non-hydrogen) atoms. The Morgan fingerprint density at radius 2 is 1.85 bits per heavy atom. The Bertz CT molecular complexity index is 1510. The lowest BCUT2D eigenvalue weighted by molar-refractivity contribution is 0.396. The van der Waals surface area contributed by atoms with E-state index in [4.69, 9.17) is 14.5 Å². The molecule has 9 heteroatoms. The maximum absolute atomic E-state index is 14.1. The van der Waals surface area contributed by atoms with Crippen LogP contribution in [0.3, 0.4) is 0 Å². The third-order valence-corrected chi connectivity index (χ3v) is 5.56. The number of hydrogen-bond acceptors (Lipinski definition) is 6. The van der Waals surface area contributed by atoms with Crippen LogP contribution in [0.1, 0.15) is 5.69 Å². The summed E-state index contributed by atoms with van der Waals surface area (Å²) in [5.74, 6) is 1.74. The Hall–Kier alpha value is -4.40. The van der Waals surface area contributed by atoms with E-state index in [1.54, 1.807) is 19.5 Å². The molecule has 0 radical (unpaired) electrons. The maximum atomic E-state index is 14.1. The molecule has 1 N–H and O–H groups in total. The third-order valence-electron chi connectivity index (χ3n) is 5.56. The van der Waals surface area contributed by atoms with Gasteiger partial charge in [0.05, 0.1) is 37.4 Å². The van der Waals surface area contributed by atoms with Crippen molar-refractivity contribution in [3.8, 4) is 28.7 Å². The van der Waals surface area contributed by atoms with Crippen molar-refractivity contribution in [1.29, 1.82) is 0 Å². The van der Waals surface area contributed by atoms with Crippen molar-refractivity contribution in [3.63, 3.8) is 0 Å². The van der Waals surface area contributed by atoms with Crippen LogP contribution in [0.25, 0.3) is 28.1 Å². The summed E-state index contributed by atoms with van der Waals surface area (Å²) in [5.41, 5.74) is 4.70. The van der Waals surface area contributed by atoms with Gasteiger partial charge in [-0.15, -0.1) is 0 Å². The van der Waals surface area contributed by atoms with Crippen molar-refractivity contribution in [3.05, 3.63) is 72.6 Å². The molecule has 5 aromatic rings. The Balaban J connectivity index is 1.54. The second-order valence-corrected chi connectivity index (χ2v) is 7.82. The number of pyridine rings is 1. The molecule has 2 aromatic carbocycles. The lowest BCUT2D eigenvalue weighted by atomic mass is 10.2. The van der Waals surface area contributed by atoms with E-state index in [0.29, 0.717) is 28.8 Å². The number of methoxy groups -OCH3 is 2. The highest BCUT2D eigenvalue weighted by molar-refractivity contribution is 5.92. The number of anilines is 2. The molecule has 5 rings (SSSR count). The van der Waals surface area contributed by atoms with Gasteiger partial charge in [-0.05, 0) is 43.3 Å². The third kappa shape index (κ3) is 3.81. The highest BCUT2D eigenvalue weighted by Gasteiger charge is 2.16. The van der Waals surface area contributed by atoms with E-state index < -0.39 is 0 Å². The number of halogens is 1. The van der Waals surface area contributed by atoms with Gasteiger partial charge in [0.1, 0.15) is 34.4 Å². The van der Waals surface area contributed by atoms with Gasteiger partial charge in [-0.25, -0.2) is 14.4 Å².